The fourth-order valence-corrected chi connectivity index (χ4v) is 5.19. The quantitative estimate of drug-likeness (QED) is 0.588. The number of esters is 1. The predicted molar refractivity (Wildman–Crippen MR) is 118 cm³/mol. The molecule has 0 aromatic heterocycles. The number of hydrogen-bond donors (Lipinski definition) is 1. The first-order chi connectivity index (χ1) is 15.1. The van der Waals surface area contributed by atoms with Gasteiger partial charge in [-0.15, -0.1) is 0 Å². The number of benzene rings is 3. The lowest BCUT2D eigenvalue weighted by Crippen LogP contribution is -2.28. The summed E-state index contributed by atoms with van der Waals surface area (Å²) in [6.07, 6.45) is 1.30. The standard InChI is InChI=1S/C27H24O4/c28-26(15-24(27(29)30)19-13-17-7-1-2-8-18(17)14-19)31-16-25-22-11-5-3-9-20(22)21-10-4-6-12-23(21)25/h1-12,19,24-25H,13-16H2,(H,29,30)/t24-/m0/s1. The Morgan fingerprint density at radius 3 is 1.90 bits per heavy atom. The van der Waals surface area contributed by atoms with Crippen molar-refractivity contribution in [2.45, 2.75) is 25.2 Å². The number of fused-ring (bicyclic) bond motifs is 4. The van der Waals surface area contributed by atoms with Gasteiger partial charge in [-0.2, -0.15) is 0 Å². The van der Waals surface area contributed by atoms with Gasteiger partial charge >= 0.3 is 11.9 Å². The van der Waals surface area contributed by atoms with E-state index in [1.807, 2.05) is 48.5 Å². The maximum absolute atomic E-state index is 12.7. The van der Waals surface area contributed by atoms with E-state index in [1.165, 1.54) is 22.3 Å². The van der Waals surface area contributed by atoms with Gasteiger partial charge < -0.3 is 9.84 Å². The second-order valence-corrected chi connectivity index (χ2v) is 8.50. The number of rotatable bonds is 6. The highest BCUT2D eigenvalue weighted by Crippen LogP contribution is 2.44. The fourth-order valence-electron chi connectivity index (χ4n) is 5.19. The third-order valence-electron chi connectivity index (χ3n) is 6.73. The van der Waals surface area contributed by atoms with Crippen LogP contribution in [0.3, 0.4) is 0 Å². The Kier molecular flexibility index (Phi) is 5.06. The predicted octanol–water partition coefficient (Wildman–Crippen LogP) is 4.85. The Balaban J connectivity index is 1.27. The van der Waals surface area contributed by atoms with Gasteiger partial charge in [0, 0.05) is 5.92 Å². The number of carbonyl (C=O) groups is 2. The molecule has 1 atom stereocenters. The minimum Gasteiger partial charge on any atom is -0.481 e. The third kappa shape index (κ3) is 3.63. The third-order valence-corrected chi connectivity index (χ3v) is 6.73. The minimum atomic E-state index is -0.925. The Labute approximate surface area is 181 Å². The second kappa shape index (κ2) is 8.03. The van der Waals surface area contributed by atoms with E-state index in [-0.39, 0.29) is 24.9 Å². The van der Waals surface area contributed by atoms with E-state index in [4.69, 9.17) is 4.74 Å². The Morgan fingerprint density at radius 2 is 1.35 bits per heavy atom. The molecular formula is C27H24O4. The van der Waals surface area contributed by atoms with Gasteiger partial charge in [-0.25, -0.2) is 0 Å². The molecule has 0 radical (unpaired) electrons. The number of ether oxygens (including phenoxy) is 1. The van der Waals surface area contributed by atoms with Crippen molar-refractivity contribution in [1.29, 1.82) is 0 Å². The molecule has 3 aromatic carbocycles. The Bertz CT molecular complexity index is 1080. The van der Waals surface area contributed by atoms with Crippen LogP contribution in [0, 0.1) is 11.8 Å². The van der Waals surface area contributed by atoms with Crippen LogP contribution in [0.1, 0.15) is 34.6 Å². The van der Waals surface area contributed by atoms with Crippen LogP contribution in [0.5, 0.6) is 0 Å². The van der Waals surface area contributed by atoms with Crippen molar-refractivity contribution in [1.82, 2.24) is 0 Å². The minimum absolute atomic E-state index is 0.0182. The summed E-state index contributed by atoms with van der Waals surface area (Å²) in [7, 11) is 0. The lowest BCUT2D eigenvalue weighted by Gasteiger charge is -2.19. The van der Waals surface area contributed by atoms with Crippen molar-refractivity contribution in [3.63, 3.8) is 0 Å². The molecule has 0 aliphatic heterocycles. The molecule has 0 saturated carbocycles. The summed E-state index contributed by atoms with van der Waals surface area (Å²) in [5, 5.41) is 9.79. The smallest absolute Gasteiger partial charge is 0.307 e. The van der Waals surface area contributed by atoms with Crippen LogP contribution in [-0.2, 0) is 27.2 Å². The maximum Gasteiger partial charge on any atom is 0.307 e. The summed E-state index contributed by atoms with van der Waals surface area (Å²) in [5.74, 6) is -2.19. The maximum atomic E-state index is 12.7. The first-order valence-corrected chi connectivity index (χ1v) is 10.7. The first-order valence-electron chi connectivity index (χ1n) is 10.7. The molecule has 2 aliphatic rings. The van der Waals surface area contributed by atoms with Crippen molar-refractivity contribution in [3.05, 3.63) is 95.1 Å². The molecule has 0 bridgehead atoms. The summed E-state index contributed by atoms with van der Waals surface area (Å²) in [6, 6.07) is 24.4. The zero-order valence-corrected chi connectivity index (χ0v) is 17.2. The molecule has 0 saturated heterocycles. The number of aliphatic carboxylic acids is 1. The van der Waals surface area contributed by atoms with E-state index in [9.17, 15) is 14.7 Å². The molecule has 0 amide bonds. The van der Waals surface area contributed by atoms with Crippen LogP contribution in [0.15, 0.2) is 72.8 Å². The van der Waals surface area contributed by atoms with Gasteiger partial charge in [0.1, 0.15) is 6.61 Å². The highest BCUT2D eigenvalue weighted by Gasteiger charge is 2.36. The van der Waals surface area contributed by atoms with Gasteiger partial charge in [0.2, 0.25) is 0 Å². The van der Waals surface area contributed by atoms with E-state index in [0.717, 1.165) is 11.1 Å². The van der Waals surface area contributed by atoms with E-state index in [1.54, 1.807) is 0 Å². The largest absolute Gasteiger partial charge is 0.481 e. The summed E-state index contributed by atoms with van der Waals surface area (Å²) in [4.78, 5) is 24.6. The Hall–Kier alpha value is -3.40. The lowest BCUT2D eigenvalue weighted by molar-refractivity contribution is -0.153. The first kappa shape index (κ1) is 19.6. The molecule has 2 aliphatic carbocycles. The number of hydrogen-bond acceptors (Lipinski definition) is 3. The topological polar surface area (TPSA) is 63.6 Å². The number of carbonyl (C=O) groups excluding carboxylic acids is 1. The summed E-state index contributed by atoms with van der Waals surface area (Å²) >= 11 is 0. The van der Waals surface area contributed by atoms with Crippen molar-refractivity contribution in [2.75, 3.05) is 6.61 Å². The summed E-state index contributed by atoms with van der Waals surface area (Å²) in [6.45, 7) is 0.226. The molecule has 0 unspecified atom stereocenters. The van der Waals surface area contributed by atoms with Crippen LogP contribution in [-0.4, -0.2) is 23.7 Å². The van der Waals surface area contributed by atoms with Gasteiger partial charge in [0.25, 0.3) is 0 Å². The normalized spacial score (nSPS) is 15.7. The SMILES string of the molecule is O=C(C[C@H](C(=O)O)C1Cc2ccccc2C1)OCC1c2ccccc2-c2ccccc21. The van der Waals surface area contributed by atoms with Gasteiger partial charge in [-0.3, -0.25) is 9.59 Å². The molecule has 4 heteroatoms. The molecule has 3 aromatic rings. The zero-order chi connectivity index (χ0) is 21.4. The van der Waals surface area contributed by atoms with E-state index < -0.39 is 17.9 Å². The molecule has 0 spiro atoms. The van der Waals surface area contributed by atoms with Crippen LogP contribution in [0.25, 0.3) is 11.1 Å². The highest BCUT2D eigenvalue weighted by molar-refractivity contribution is 5.81. The second-order valence-electron chi connectivity index (χ2n) is 8.50. The molecule has 156 valence electrons. The fraction of sp³-hybridized carbons (Fsp3) is 0.259. The lowest BCUT2D eigenvalue weighted by atomic mass is 9.87. The number of carboxylic acid groups (broad SMARTS) is 1. The molecule has 4 nitrogen and oxygen atoms in total. The molecular weight excluding hydrogens is 388 g/mol. The van der Waals surface area contributed by atoms with E-state index in [0.29, 0.717) is 12.8 Å². The van der Waals surface area contributed by atoms with Crippen LogP contribution >= 0.6 is 0 Å². The summed E-state index contributed by atoms with van der Waals surface area (Å²) < 4.78 is 5.65. The van der Waals surface area contributed by atoms with E-state index in [2.05, 4.69) is 24.3 Å². The van der Waals surface area contributed by atoms with Crippen molar-refractivity contribution >= 4 is 11.9 Å². The molecule has 1 N–H and O–H groups in total. The zero-order valence-electron chi connectivity index (χ0n) is 17.2. The van der Waals surface area contributed by atoms with Crippen molar-refractivity contribution in [3.8, 4) is 11.1 Å². The molecule has 0 fully saturated rings. The molecule has 5 rings (SSSR count). The average Bonchev–Trinajstić information content (AvgIpc) is 3.35. The van der Waals surface area contributed by atoms with Crippen LogP contribution in [0.2, 0.25) is 0 Å². The van der Waals surface area contributed by atoms with Gasteiger partial charge in [-0.05, 0) is 52.1 Å². The average molecular weight is 412 g/mol. The van der Waals surface area contributed by atoms with Crippen molar-refractivity contribution in [2.24, 2.45) is 11.8 Å². The van der Waals surface area contributed by atoms with Gasteiger partial charge in [0.05, 0.1) is 12.3 Å². The summed E-state index contributed by atoms with van der Waals surface area (Å²) in [5.41, 5.74) is 7.02. The number of carboxylic acids is 1. The van der Waals surface area contributed by atoms with Gasteiger partial charge in [-0.1, -0.05) is 72.8 Å². The monoisotopic (exact) mass is 412 g/mol. The van der Waals surface area contributed by atoms with Gasteiger partial charge in [0.15, 0.2) is 0 Å². The van der Waals surface area contributed by atoms with Crippen LogP contribution < -0.4 is 0 Å². The highest BCUT2D eigenvalue weighted by atomic mass is 16.5. The van der Waals surface area contributed by atoms with Crippen LogP contribution in [0.4, 0.5) is 0 Å². The molecule has 31 heavy (non-hydrogen) atoms. The molecule has 0 heterocycles. The van der Waals surface area contributed by atoms with Crippen molar-refractivity contribution < 1.29 is 19.4 Å². The Morgan fingerprint density at radius 1 is 0.839 bits per heavy atom. The van der Waals surface area contributed by atoms with E-state index >= 15 is 0 Å².